The van der Waals surface area contributed by atoms with Gasteiger partial charge in [-0.2, -0.15) is 0 Å². The molecule has 0 aliphatic rings. The van der Waals surface area contributed by atoms with E-state index in [1.807, 2.05) is 6.92 Å². The summed E-state index contributed by atoms with van der Waals surface area (Å²) in [5.74, 6) is -0.833. The maximum Gasteiger partial charge on any atom is 0.300 e. The second-order valence-corrected chi connectivity index (χ2v) is 1.99. The lowest BCUT2D eigenvalue weighted by Crippen LogP contribution is -2.05. The monoisotopic (exact) mass is 164 g/mol. The molecule has 0 saturated heterocycles. The van der Waals surface area contributed by atoms with Crippen LogP contribution >= 0.6 is 0 Å². The SMILES string of the molecule is CC(=O)O.CCCOC(C)O. The van der Waals surface area contributed by atoms with Crippen molar-refractivity contribution in [1.29, 1.82) is 0 Å². The molecular formula is C7H16O4. The zero-order valence-electron chi connectivity index (χ0n) is 7.20. The van der Waals surface area contributed by atoms with Crippen molar-refractivity contribution in [1.82, 2.24) is 0 Å². The molecule has 0 rings (SSSR count). The van der Waals surface area contributed by atoms with E-state index in [0.717, 1.165) is 13.3 Å². The van der Waals surface area contributed by atoms with Crippen LogP contribution in [0.3, 0.4) is 0 Å². The summed E-state index contributed by atoms with van der Waals surface area (Å²) in [6, 6.07) is 0. The smallest absolute Gasteiger partial charge is 0.300 e. The van der Waals surface area contributed by atoms with Crippen molar-refractivity contribution in [2.24, 2.45) is 0 Å². The highest BCUT2D eigenvalue weighted by atomic mass is 16.6. The quantitative estimate of drug-likeness (QED) is 0.606. The number of hydrogen-bond acceptors (Lipinski definition) is 3. The first-order valence-corrected chi connectivity index (χ1v) is 3.49. The predicted molar refractivity (Wildman–Crippen MR) is 41.2 cm³/mol. The Morgan fingerprint density at radius 2 is 2.00 bits per heavy atom. The molecule has 4 heteroatoms. The number of ether oxygens (including phenoxy) is 1. The van der Waals surface area contributed by atoms with Crippen LogP contribution in [0.2, 0.25) is 0 Å². The Morgan fingerprint density at radius 3 is 2.09 bits per heavy atom. The molecule has 0 aromatic heterocycles. The molecule has 1 unspecified atom stereocenters. The second kappa shape index (κ2) is 9.39. The van der Waals surface area contributed by atoms with Crippen LogP contribution < -0.4 is 0 Å². The molecule has 0 saturated carbocycles. The molecule has 0 bridgehead atoms. The third-order valence-corrected chi connectivity index (χ3v) is 0.563. The van der Waals surface area contributed by atoms with Crippen LogP contribution in [0.1, 0.15) is 27.2 Å². The van der Waals surface area contributed by atoms with Crippen molar-refractivity contribution < 1.29 is 19.7 Å². The maximum absolute atomic E-state index is 9.00. The van der Waals surface area contributed by atoms with Crippen molar-refractivity contribution in [3.8, 4) is 0 Å². The summed E-state index contributed by atoms with van der Waals surface area (Å²) in [6.07, 6.45) is 0.366. The molecule has 0 amide bonds. The maximum atomic E-state index is 9.00. The summed E-state index contributed by atoms with van der Waals surface area (Å²) >= 11 is 0. The van der Waals surface area contributed by atoms with Crippen molar-refractivity contribution in [3.63, 3.8) is 0 Å². The second-order valence-electron chi connectivity index (χ2n) is 1.99. The van der Waals surface area contributed by atoms with Crippen molar-refractivity contribution in [3.05, 3.63) is 0 Å². The van der Waals surface area contributed by atoms with Crippen LogP contribution in [-0.2, 0) is 9.53 Å². The number of carbonyl (C=O) groups is 1. The summed E-state index contributed by atoms with van der Waals surface area (Å²) < 4.78 is 4.75. The van der Waals surface area contributed by atoms with Crippen molar-refractivity contribution in [2.45, 2.75) is 33.5 Å². The van der Waals surface area contributed by atoms with Gasteiger partial charge in [-0.15, -0.1) is 0 Å². The Balaban J connectivity index is 0. The first kappa shape index (κ1) is 13.0. The molecule has 1 atom stereocenters. The molecule has 11 heavy (non-hydrogen) atoms. The number of carboxylic acid groups (broad SMARTS) is 1. The minimum Gasteiger partial charge on any atom is -0.481 e. The first-order valence-electron chi connectivity index (χ1n) is 3.49. The van der Waals surface area contributed by atoms with Crippen LogP contribution in [0.25, 0.3) is 0 Å². The Kier molecular flexibility index (Phi) is 11.1. The standard InChI is InChI=1S/C5H12O2.C2H4O2/c1-3-4-7-5(2)6;1-2(3)4/h5-6H,3-4H2,1-2H3;1H3,(H,3,4). The van der Waals surface area contributed by atoms with Crippen molar-refractivity contribution >= 4 is 5.97 Å². The van der Waals surface area contributed by atoms with Gasteiger partial charge in [-0.05, 0) is 13.3 Å². The van der Waals surface area contributed by atoms with E-state index < -0.39 is 12.3 Å². The van der Waals surface area contributed by atoms with Gasteiger partial charge in [0.2, 0.25) is 0 Å². The lowest BCUT2D eigenvalue weighted by Gasteiger charge is -2.02. The van der Waals surface area contributed by atoms with E-state index in [1.54, 1.807) is 6.92 Å². The van der Waals surface area contributed by atoms with Crippen LogP contribution in [0.15, 0.2) is 0 Å². The number of carboxylic acids is 1. The number of aliphatic hydroxyl groups is 1. The van der Waals surface area contributed by atoms with Gasteiger partial charge in [0.15, 0.2) is 6.29 Å². The van der Waals surface area contributed by atoms with E-state index in [0.29, 0.717) is 6.61 Å². The van der Waals surface area contributed by atoms with Gasteiger partial charge in [-0.3, -0.25) is 4.79 Å². The van der Waals surface area contributed by atoms with E-state index in [1.165, 1.54) is 0 Å². The highest BCUT2D eigenvalue weighted by Gasteiger charge is 1.88. The third-order valence-electron chi connectivity index (χ3n) is 0.563. The Bertz CT molecular complexity index is 86.4. The predicted octanol–water partition coefficient (Wildman–Crippen LogP) is 0.842. The molecule has 0 aromatic rings. The fourth-order valence-electron chi connectivity index (χ4n) is 0.288. The van der Waals surface area contributed by atoms with Gasteiger partial charge in [-0.1, -0.05) is 6.92 Å². The first-order chi connectivity index (χ1) is 5.00. The van der Waals surface area contributed by atoms with Gasteiger partial charge in [0, 0.05) is 13.5 Å². The van der Waals surface area contributed by atoms with E-state index in [4.69, 9.17) is 19.7 Å². The fourth-order valence-corrected chi connectivity index (χ4v) is 0.288. The molecule has 0 aliphatic carbocycles. The van der Waals surface area contributed by atoms with Gasteiger partial charge >= 0.3 is 0 Å². The Morgan fingerprint density at radius 1 is 1.64 bits per heavy atom. The lowest BCUT2D eigenvalue weighted by atomic mass is 10.5. The zero-order valence-corrected chi connectivity index (χ0v) is 7.20. The van der Waals surface area contributed by atoms with Gasteiger partial charge in [-0.25, -0.2) is 0 Å². The molecule has 0 radical (unpaired) electrons. The number of rotatable bonds is 3. The van der Waals surface area contributed by atoms with E-state index in [-0.39, 0.29) is 0 Å². The van der Waals surface area contributed by atoms with Gasteiger partial charge in [0.05, 0.1) is 0 Å². The summed E-state index contributed by atoms with van der Waals surface area (Å²) in [7, 11) is 0. The topological polar surface area (TPSA) is 66.8 Å². The third kappa shape index (κ3) is 44.6. The van der Waals surface area contributed by atoms with Crippen molar-refractivity contribution in [2.75, 3.05) is 6.61 Å². The fraction of sp³-hybridized carbons (Fsp3) is 0.857. The van der Waals surface area contributed by atoms with Gasteiger partial charge in [0.25, 0.3) is 5.97 Å². The average Bonchev–Trinajstić information content (AvgIpc) is 1.82. The number of aliphatic carboxylic acids is 1. The summed E-state index contributed by atoms with van der Waals surface area (Å²) in [6.45, 7) is 5.34. The molecule has 68 valence electrons. The van der Waals surface area contributed by atoms with Crippen LogP contribution in [-0.4, -0.2) is 29.1 Å². The van der Waals surface area contributed by atoms with Crippen LogP contribution in [0.5, 0.6) is 0 Å². The zero-order chi connectivity index (χ0) is 9.28. The molecular weight excluding hydrogens is 148 g/mol. The van der Waals surface area contributed by atoms with E-state index in [2.05, 4.69) is 0 Å². The minimum absolute atomic E-state index is 0.597. The summed E-state index contributed by atoms with van der Waals surface area (Å²) in [5, 5.41) is 15.9. The molecule has 0 fully saturated rings. The van der Waals surface area contributed by atoms with Gasteiger partial charge in [0.1, 0.15) is 0 Å². The van der Waals surface area contributed by atoms with Gasteiger partial charge < -0.3 is 14.9 Å². The van der Waals surface area contributed by atoms with Crippen LogP contribution in [0.4, 0.5) is 0 Å². The average molecular weight is 164 g/mol. The molecule has 2 N–H and O–H groups in total. The van der Waals surface area contributed by atoms with E-state index in [9.17, 15) is 0 Å². The summed E-state index contributed by atoms with van der Waals surface area (Å²) in [5.41, 5.74) is 0. The molecule has 0 heterocycles. The normalized spacial score (nSPS) is 11.3. The molecule has 0 spiro atoms. The number of aliphatic hydroxyl groups excluding tert-OH is 1. The van der Waals surface area contributed by atoms with E-state index >= 15 is 0 Å². The molecule has 0 aromatic carbocycles. The largest absolute Gasteiger partial charge is 0.481 e. The molecule has 0 aliphatic heterocycles. The number of hydrogen-bond donors (Lipinski definition) is 2. The lowest BCUT2D eigenvalue weighted by molar-refractivity contribution is -0.134. The van der Waals surface area contributed by atoms with Crippen LogP contribution in [0, 0.1) is 0 Å². The minimum atomic E-state index is -0.833. The highest BCUT2D eigenvalue weighted by molar-refractivity contribution is 5.62. The summed E-state index contributed by atoms with van der Waals surface area (Å²) in [4.78, 5) is 9.00. The molecule has 4 nitrogen and oxygen atoms in total. The Hall–Kier alpha value is -0.610. The Labute approximate surface area is 66.8 Å². The highest BCUT2D eigenvalue weighted by Crippen LogP contribution is 1.84.